The Kier molecular flexibility index (Phi) is 2.88. The number of nitrogens with one attached hydrogen (secondary N) is 1. The predicted octanol–water partition coefficient (Wildman–Crippen LogP) is -0.352. The summed E-state index contributed by atoms with van der Waals surface area (Å²) in [6.07, 6.45) is 0. The molecule has 6 nitrogen and oxygen atoms in total. The molecule has 0 aromatic heterocycles. The molecule has 1 N–H and O–H groups in total. The van der Waals surface area contributed by atoms with Crippen molar-refractivity contribution < 1.29 is 19.1 Å². The van der Waals surface area contributed by atoms with E-state index in [0.717, 1.165) is 12.1 Å². The number of ether oxygens (including phenoxy) is 1. The third-order valence-electron chi connectivity index (χ3n) is 2.39. The Morgan fingerprint density at radius 2 is 1.94 bits per heavy atom. The van der Waals surface area contributed by atoms with E-state index in [-0.39, 0.29) is 0 Å². The quantitative estimate of drug-likeness (QED) is 0.430. The van der Waals surface area contributed by atoms with Crippen LogP contribution in [0.2, 0.25) is 0 Å². The standard InChI is InChI=1S/C11H10N2O4/c1-17-11(16)8-9(14)10(15)13(12-8)7-5-3-2-4-6-7/h2-6,8,12H,1H3. The van der Waals surface area contributed by atoms with Crippen molar-refractivity contribution in [2.75, 3.05) is 12.1 Å². The number of methoxy groups -OCH3 is 1. The van der Waals surface area contributed by atoms with E-state index in [9.17, 15) is 14.4 Å². The first-order chi connectivity index (χ1) is 8.15. The fourth-order valence-corrected chi connectivity index (χ4v) is 1.53. The van der Waals surface area contributed by atoms with Crippen molar-refractivity contribution in [3.8, 4) is 0 Å². The van der Waals surface area contributed by atoms with Crippen molar-refractivity contribution in [1.82, 2.24) is 5.43 Å². The van der Waals surface area contributed by atoms with Gasteiger partial charge in [0.1, 0.15) is 0 Å². The highest BCUT2D eigenvalue weighted by atomic mass is 16.5. The Morgan fingerprint density at radius 1 is 1.29 bits per heavy atom. The molecule has 0 bridgehead atoms. The molecule has 6 heteroatoms. The molecule has 1 aromatic carbocycles. The highest BCUT2D eigenvalue weighted by molar-refractivity contribution is 6.48. The van der Waals surface area contributed by atoms with Gasteiger partial charge in [-0.1, -0.05) is 18.2 Å². The lowest BCUT2D eigenvalue weighted by atomic mass is 10.2. The van der Waals surface area contributed by atoms with Crippen LogP contribution in [0, 0.1) is 0 Å². The van der Waals surface area contributed by atoms with E-state index in [0.29, 0.717) is 5.69 Å². The highest BCUT2D eigenvalue weighted by Gasteiger charge is 2.44. The lowest BCUT2D eigenvalue weighted by Gasteiger charge is -2.15. The van der Waals surface area contributed by atoms with E-state index in [4.69, 9.17) is 0 Å². The van der Waals surface area contributed by atoms with Gasteiger partial charge >= 0.3 is 11.9 Å². The van der Waals surface area contributed by atoms with Crippen molar-refractivity contribution >= 4 is 23.3 Å². The summed E-state index contributed by atoms with van der Waals surface area (Å²) < 4.78 is 4.44. The van der Waals surface area contributed by atoms with Gasteiger partial charge < -0.3 is 4.74 Å². The number of para-hydroxylation sites is 1. The largest absolute Gasteiger partial charge is 0.467 e. The van der Waals surface area contributed by atoms with Crippen LogP contribution in [-0.4, -0.2) is 30.8 Å². The maximum Gasteiger partial charge on any atom is 0.333 e. The van der Waals surface area contributed by atoms with E-state index < -0.39 is 23.7 Å². The summed E-state index contributed by atoms with van der Waals surface area (Å²) >= 11 is 0. The van der Waals surface area contributed by atoms with E-state index in [1.807, 2.05) is 0 Å². The third kappa shape index (κ3) is 1.90. The fraction of sp³-hybridized carbons (Fsp3) is 0.182. The minimum atomic E-state index is -1.26. The predicted molar refractivity (Wildman–Crippen MR) is 57.9 cm³/mol. The molecule has 1 saturated heterocycles. The number of hydrazine groups is 1. The molecule has 2 rings (SSSR count). The van der Waals surface area contributed by atoms with Crippen molar-refractivity contribution in [3.05, 3.63) is 30.3 Å². The number of benzene rings is 1. The zero-order valence-electron chi connectivity index (χ0n) is 9.04. The minimum Gasteiger partial charge on any atom is -0.467 e. The zero-order chi connectivity index (χ0) is 12.4. The van der Waals surface area contributed by atoms with Gasteiger partial charge in [0.15, 0.2) is 6.04 Å². The Bertz CT molecular complexity index is 472. The first-order valence-electron chi connectivity index (χ1n) is 4.92. The summed E-state index contributed by atoms with van der Waals surface area (Å²) in [7, 11) is 1.16. The fourth-order valence-electron chi connectivity index (χ4n) is 1.53. The molecule has 1 heterocycles. The van der Waals surface area contributed by atoms with Crippen molar-refractivity contribution in [3.63, 3.8) is 0 Å². The van der Waals surface area contributed by atoms with E-state index in [2.05, 4.69) is 10.2 Å². The highest BCUT2D eigenvalue weighted by Crippen LogP contribution is 2.16. The molecule has 0 spiro atoms. The number of rotatable bonds is 2. The first-order valence-corrected chi connectivity index (χ1v) is 4.92. The van der Waals surface area contributed by atoms with Crippen LogP contribution in [0.15, 0.2) is 30.3 Å². The van der Waals surface area contributed by atoms with Crippen LogP contribution in [0.4, 0.5) is 5.69 Å². The maximum absolute atomic E-state index is 11.6. The molecule has 88 valence electrons. The molecular formula is C11H10N2O4. The second-order valence-corrected chi connectivity index (χ2v) is 3.43. The minimum absolute atomic E-state index is 0.497. The molecule has 0 saturated carbocycles. The Balaban J connectivity index is 2.26. The number of esters is 1. The zero-order valence-corrected chi connectivity index (χ0v) is 9.04. The molecular weight excluding hydrogens is 224 g/mol. The van der Waals surface area contributed by atoms with Crippen LogP contribution in [0.25, 0.3) is 0 Å². The summed E-state index contributed by atoms with van der Waals surface area (Å²) in [6.45, 7) is 0. The molecule has 1 aromatic rings. The van der Waals surface area contributed by atoms with Crippen LogP contribution in [0.5, 0.6) is 0 Å². The second kappa shape index (κ2) is 4.34. The number of carbonyl (C=O) groups excluding carboxylic acids is 3. The molecule has 0 aliphatic carbocycles. The third-order valence-corrected chi connectivity index (χ3v) is 2.39. The summed E-state index contributed by atoms with van der Waals surface area (Å²) in [5, 5.41) is 1.05. The number of hydrogen-bond acceptors (Lipinski definition) is 5. The number of carbonyl (C=O) groups is 3. The van der Waals surface area contributed by atoms with Gasteiger partial charge in [0.2, 0.25) is 0 Å². The van der Waals surface area contributed by atoms with Crippen molar-refractivity contribution in [1.29, 1.82) is 0 Å². The van der Waals surface area contributed by atoms with Crippen LogP contribution >= 0.6 is 0 Å². The number of anilines is 1. The molecule has 1 aliphatic heterocycles. The van der Waals surface area contributed by atoms with Gasteiger partial charge in [-0.15, -0.1) is 0 Å². The van der Waals surface area contributed by atoms with Gasteiger partial charge in [-0.3, -0.25) is 9.59 Å². The van der Waals surface area contributed by atoms with Crippen LogP contribution in [0.3, 0.4) is 0 Å². The second-order valence-electron chi connectivity index (χ2n) is 3.43. The molecule has 0 radical (unpaired) electrons. The lowest BCUT2D eigenvalue weighted by molar-refractivity contribution is -0.147. The van der Waals surface area contributed by atoms with Crippen LogP contribution in [-0.2, 0) is 19.1 Å². The molecule has 1 aliphatic rings. The van der Waals surface area contributed by atoms with Gasteiger partial charge in [0, 0.05) is 0 Å². The number of Topliss-reactive ketones (excluding diaryl/α,β-unsaturated/α-hetero) is 1. The smallest absolute Gasteiger partial charge is 0.333 e. The molecule has 1 atom stereocenters. The Morgan fingerprint density at radius 3 is 2.53 bits per heavy atom. The molecule has 1 unspecified atom stereocenters. The van der Waals surface area contributed by atoms with E-state index in [1.54, 1.807) is 30.3 Å². The normalized spacial score (nSPS) is 19.6. The van der Waals surface area contributed by atoms with Gasteiger partial charge in [-0.05, 0) is 12.1 Å². The average Bonchev–Trinajstić information content (AvgIpc) is 2.67. The lowest BCUT2D eigenvalue weighted by Crippen LogP contribution is -2.42. The number of nitrogens with zero attached hydrogens (tertiary/aromatic N) is 1. The molecule has 17 heavy (non-hydrogen) atoms. The number of amides is 1. The first kappa shape index (κ1) is 11.3. The van der Waals surface area contributed by atoms with Crippen molar-refractivity contribution in [2.24, 2.45) is 0 Å². The summed E-state index contributed by atoms with van der Waals surface area (Å²) in [5.41, 5.74) is 3.01. The average molecular weight is 234 g/mol. The number of ketones is 1. The van der Waals surface area contributed by atoms with E-state index in [1.165, 1.54) is 0 Å². The van der Waals surface area contributed by atoms with Crippen LogP contribution in [0.1, 0.15) is 0 Å². The topological polar surface area (TPSA) is 75.7 Å². The SMILES string of the molecule is COC(=O)C1NN(c2ccccc2)C(=O)C1=O. The van der Waals surface area contributed by atoms with Crippen molar-refractivity contribution in [2.45, 2.75) is 6.04 Å². The van der Waals surface area contributed by atoms with E-state index >= 15 is 0 Å². The van der Waals surface area contributed by atoms with Gasteiger partial charge in [-0.25, -0.2) is 15.2 Å². The van der Waals surface area contributed by atoms with Crippen LogP contribution < -0.4 is 10.4 Å². The monoisotopic (exact) mass is 234 g/mol. The van der Waals surface area contributed by atoms with Gasteiger partial charge in [0.05, 0.1) is 12.8 Å². The summed E-state index contributed by atoms with van der Waals surface area (Å²) in [5.74, 6) is -2.37. The molecule has 1 amide bonds. The maximum atomic E-state index is 11.6. The Hall–Kier alpha value is -2.21. The summed E-state index contributed by atoms with van der Waals surface area (Å²) in [6, 6.07) is 7.27. The number of hydrogen-bond donors (Lipinski definition) is 1. The summed E-state index contributed by atoms with van der Waals surface area (Å²) in [4.78, 5) is 34.4. The van der Waals surface area contributed by atoms with Gasteiger partial charge in [0.25, 0.3) is 5.78 Å². The Labute approximate surface area is 97.1 Å². The van der Waals surface area contributed by atoms with Gasteiger partial charge in [-0.2, -0.15) is 0 Å². The molecule has 1 fully saturated rings.